The molecule has 21 heavy (non-hydrogen) atoms. The minimum Gasteiger partial charge on any atom is -0.497 e. The van der Waals surface area contributed by atoms with Crippen LogP contribution in [0, 0.1) is 10.1 Å². The van der Waals surface area contributed by atoms with Crippen molar-refractivity contribution >= 4 is 11.7 Å². The van der Waals surface area contributed by atoms with Crippen LogP contribution in [0.4, 0.5) is 10.2 Å². The summed E-state index contributed by atoms with van der Waals surface area (Å²) in [7, 11) is 1.48. The molecule has 0 heterocycles. The number of benzene rings is 2. The lowest BCUT2D eigenvalue weighted by atomic mass is 10.0. The van der Waals surface area contributed by atoms with Gasteiger partial charge in [0.15, 0.2) is 0 Å². The number of rotatable bonds is 4. The molecule has 0 bridgehead atoms. The highest BCUT2D eigenvalue weighted by molar-refractivity contribution is 5.91. The van der Waals surface area contributed by atoms with Gasteiger partial charge in [-0.3, -0.25) is 10.1 Å². The molecule has 0 aliphatic carbocycles. The first kappa shape index (κ1) is 14.4. The maximum atomic E-state index is 11.9. The van der Waals surface area contributed by atoms with E-state index in [1.807, 2.05) is 0 Å². The lowest BCUT2D eigenvalue weighted by Crippen LogP contribution is -2.01. The van der Waals surface area contributed by atoms with Gasteiger partial charge in [0.05, 0.1) is 23.2 Å². The number of halogens is 1. The highest BCUT2D eigenvalue weighted by atomic mass is 19.3. The smallest absolute Gasteiger partial charge is 0.379 e. The molecule has 0 amide bonds. The standard InChI is InChI=1S/C14H10FNO5/c1-20-11-4-2-3-9(7-11)12-6-5-10(14(17)21-15)8-13(12)16(18)19/h2-8H,1H3. The Kier molecular flexibility index (Phi) is 4.13. The summed E-state index contributed by atoms with van der Waals surface area (Å²) in [5.41, 5.74) is 0.262. The highest BCUT2D eigenvalue weighted by Crippen LogP contribution is 2.32. The van der Waals surface area contributed by atoms with E-state index < -0.39 is 10.9 Å². The van der Waals surface area contributed by atoms with Crippen LogP contribution in [0.25, 0.3) is 11.1 Å². The second-order valence-corrected chi connectivity index (χ2v) is 4.09. The molecular formula is C14H10FNO5. The van der Waals surface area contributed by atoms with Crippen LogP contribution in [0.3, 0.4) is 0 Å². The molecular weight excluding hydrogens is 281 g/mol. The van der Waals surface area contributed by atoms with Crippen molar-refractivity contribution in [2.24, 2.45) is 0 Å². The molecule has 0 aliphatic heterocycles. The van der Waals surface area contributed by atoms with Crippen molar-refractivity contribution in [1.29, 1.82) is 0 Å². The summed E-state index contributed by atoms with van der Waals surface area (Å²) < 4.78 is 17.0. The van der Waals surface area contributed by atoms with E-state index in [9.17, 15) is 19.4 Å². The largest absolute Gasteiger partial charge is 0.497 e. The average molecular weight is 291 g/mol. The topological polar surface area (TPSA) is 78.7 Å². The summed E-state index contributed by atoms with van der Waals surface area (Å²) in [6, 6.07) is 10.2. The third-order valence-electron chi connectivity index (χ3n) is 2.88. The van der Waals surface area contributed by atoms with Crippen molar-refractivity contribution in [2.75, 3.05) is 7.11 Å². The van der Waals surface area contributed by atoms with Crippen LogP contribution in [0.5, 0.6) is 5.75 Å². The van der Waals surface area contributed by atoms with E-state index in [2.05, 4.69) is 4.94 Å². The van der Waals surface area contributed by atoms with Gasteiger partial charge < -0.3 is 4.74 Å². The van der Waals surface area contributed by atoms with Gasteiger partial charge in [0, 0.05) is 10.6 Å². The molecule has 0 fully saturated rings. The fourth-order valence-electron chi connectivity index (χ4n) is 1.89. The fraction of sp³-hybridized carbons (Fsp3) is 0.0714. The van der Waals surface area contributed by atoms with Crippen LogP contribution >= 0.6 is 0 Å². The molecule has 0 N–H and O–H groups in total. The number of nitro groups is 1. The molecule has 7 heteroatoms. The van der Waals surface area contributed by atoms with Crippen molar-refractivity contribution in [3.8, 4) is 16.9 Å². The summed E-state index contributed by atoms with van der Waals surface area (Å²) in [4.78, 5) is 24.7. The van der Waals surface area contributed by atoms with Crippen LogP contribution in [0.2, 0.25) is 0 Å². The number of methoxy groups -OCH3 is 1. The van der Waals surface area contributed by atoms with E-state index in [1.165, 1.54) is 19.2 Å². The predicted octanol–water partition coefficient (Wildman–Crippen LogP) is 3.31. The maximum absolute atomic E-state index is 11.9. The lowest BCUT2D eigenvalue weighted by Gasteiger charge is -2.06. The average Bonchev–Trinajstić information content (AvgIpc) is 2.53. The fourth-order valence-corrected chi connectivity index (χ4v) is 1.89. The molecule has 2 aromatic rings. The molecule has 108 valence electrons. The van der Waals surface area contributed by atoms with Crippen LogP contribution in [-0.2, 0) is 4.94 Å². The molecule has 0 unspecified atom stereocenters. The number of carbonyl (C=O) groups excluding carboxylic acids is 1. The Morgan fingerprint density at radius 1 is 1.24 bits per heavy atom. The van der Waals surface area contributed by atoms with E-state index >= 15 is 0 Å². The molecule has 0 aromatic heterocycles. The van der Waals surface area contributed by atoms with Gasteiger partial charge >= 0.3 is 5.97 Å². The van der Waals surface area contributed by atoms with Gasteiger partial charge in [-0.15, -0.1) is 0 Å². The minimum absolute atomic E-state index is 0.240. The van der Waals surface area contributed by atoms with Crippen molar-refractivity contribution < 1.29 is 23.9 Å². The Labute approximate surface area is 118 Å². The number of ether oxygens (including phenoxy) is 1. The van der Waals surface area contributed by atoms with Gasteiger partial charge in [-0.25, -0.2) is 9.74 Å². The zero-order valence-electron chi connectivity index (χ0n) is 10.9. The number of carbonyl (C=O) groups is 1. The number of nitrogens with zero attached hydrogens (tertiary/aromatic N) is 1. The first-order valence-corrected chi connectivity index (χ1v) is 5.82. The van der Waals surface area contributed by atoms with Crippen molar-refractivity contribution in [3.05, 3.63) is 58.1 Å². The maximum Gasteiger partial charge on any atom is 0.379 e. The van der Waals surface area contributed by atoms with Crippen LogP contribution in [0.15, 0.2) is 42.5 Å². The number of hydrogen-bond acceptors (Lipinski definition) is 5. The molecule has 2 rings (SSSR count). The van der Waals surface area contributed by atoms with Gasteiger partial charge in [-0.2, -0.15) is 0 Å². The second-order valence-electron chi connectivity index (χ2n) is 4.09. The Morgan fingerprint density at radius 3 is 2.62 bits per heavy atom. The Hall–Kier alpha value is -2.96. The molecule has 0 saturated heterocycles. The molecule has 0 saturated carbocycles. The summed E-state index contributed by atoms with van der Waals surface area (Å²) >= 11 is 0. The van der Waals surface area contributed by atoms with Gasteiger partial charge in [0.25, 0.3) is 5.69 Å². The SMILES string of the molecule is COc1cccc(-c2ccc(C(=O)OF)cc2[N+](=O)[O-])c1. The highest BCUT2D eigenvalue weighted by Gasteiger charge is 2.20. The predicted molar refractivity (Wildman–Crippen MR) is 71.6 cm³/mol. The number of hydrogen-bond donors (Lipinski definition) is 0. The lowest BCUT2D eigenvalue weighted by molar-refractivity contribution is -0.384. The zero-order valence-corrected chi connectivity index (χ0v) is 10.9. The van der Waals surface area contributed by atoms with Crippen LogP contribution in [-0.4, -0.2) is 18.0 Å². The summed E-state index contributed by atoms with van der Waals surface area (Å²) in [5, 5.41) is 11.1. The number of nitro benzene ring substituents is 1. The van der Waals surface area contributed by atoms with Crippen LogP contribution in [0.1, 0.15) is 10.4 Å². The summed E-state index contributed by atoms with van der Waals surface area (Å²) in [6.45, 7) is 0. The first-order chi connectivity index (χ1) is 10.1. The molecule has 0 atom stereocenters. The zero-order chi connectivity index (χ0) is 15.4. The van der Waals surface area contributed by atoms with Crippen LogP contribution < -0.4 is 4.74 Å². The van der Waals surface area contributed by atoms with E-state index in [0.29, 0.717) is 11.3 Å². The summed E-state index contributed by atoms with van der Waals surface area (Å²) in [5.74, 6) is -0.746. The Balaban J connectivity index is 2.57. The van der Waals surface area contributed by atoms with Gasteiger partial charge in [-0.1, -0.05) is 12.1 Å². The third-order valence-corrected chi connectivity index (χ3v) is 2.88. The van der Waals surface area contributed by atoms with Gasteiger partial charge in [0.1, 0.15) is 5.75 Å². The van der Waals surface area contributed by atoms with Gasteiger partial charge in [0.2, 0.25) is 0 Å². The molecule has 0 radical (unpaired) electrons. The quantitative estimate of drug-likeness (QED) is 0.637. The van der Waals surface area contributed by atoms with E-state index in [-0.39, 0.29) is 16.8 Å². The summed E-state index contributed by atoms with van der Waals surface area (Å²) in [6.07, 6.45) is 0. The van der Waals surface area contributed by atoms with E-state index in [1.54, 1.807) is 24.3 Å². The molecule has 0 aliphatic rings. The second kappa shape index (κ2) is 6.00. The van der Waals surface area contributed by atoms with Gasteiger partial charge in [-0.05, 0) is 29.8 Å². The third kappa shape index (κ3) is 2.97. The van der Waals surface area contributed by atoms with E-state index in [0.717, 1.165) is 6.07 Å². The normalized spacial score (nSPS) is 10.0. The molecule has 6 nitrogen and oxygen atoms in total. The minimum atomic E-state index is -1.28. The Morgan fingerprint density at radius 2 is 2.00 bits per heavy atom. The monoisotopic (exact) mass is 291 g/mol. The molecule has 0 spiro atoms. The molecule has 2 aromatic carbocycles. The van der Waals surface area contributed by atoms with Crippen molar-refractivity contribution in [3.63, 3.8) is 0 Å². The van der Waals surface area contributed by atoms with E-state index in [4.69, 9.17) is 4.74 Å². The van der Waals surface area contributed by atoms with Crippen molar-refractivity contribution in [2.45, 2.75) is 0 Å². The van der Waals surface area contributed by atoms with Crippen molar-refractivity contribution in [1.82, 2.24) is 0 Å². The first-order valence-electron chi connectivity index (χ1n) is 5.82. The Bertz CT molecular complexity index is 702.